The van der Waals surface area contributed by atoms with Crippen molar-refractivity contribution in [3.8, 4) is 0 Å². The number of nitrogens with two attached hydrogens (primary N) is 1. The van der Waals surface area contributed by atoms with Crippen molar-refractivity contribution in [2.24, 2.45) is 11.3 Å². The molecule has 2 aliphatic carbocycles. The molecule has 0 bridgehead atoms. The molecule has 0 aromatic heterocycles. The topological polar surface area (TPSA) is 55.1 Å². The van der Waals surface area contributed by atoms with Crippen molar-refractivity contribution in [2.75, 3.05) is 0 Å². The number of hydrogen-bond acceptors (Lipinski definition) is 2. The van der Waals surface area contributed by atoms with Crippen LogP contribution in [0.5, 0.6) is 0 Å². The summed E-state index contributed by atoms with van der Waals surface area (Å²) in [6.45, 7) is 0. The van der Waals surface area contributed by atoms with E-state index in [0.29, 0.717) is 6.41 Å². The molecule has 9 heavy (non-hydrogen) atoms. The fraction of sp³-hybridized carbons (Fsp3) is 0.833. The maximum Gasteiger partial charge on any atom is 0.221 e. The summed E-state index contributed by atoms with van der Waals surface area (Å²) in [5.41, 5.74) is 2.75. The van der Waals surface area contributed by atoms with Crippen LogP contribution >= 0.6 is 0 Å². The van der Waals surface area contributed by atoms with E-state index in [0.717, 1.165) is 5.41 Å². The van der Waals surface area contributed by atoms with Crippen LogP contribution in [0.1, 0.15) is 25.7 Å². The van der Waals surface area contributed by atoms with Gasteiger partial charge in [0.15, 0.2) is 0 Å². The molecule has 2 saturated carbocycles. The average molecular weight is 128 g/mol. The quantitative estimate of drug-likeness (QED) is 0.229. The lowest BCUT2D eigenvalue weighted by molar-refractivity contribution is -0.109. The lowest BCUT2D eigenvalue weighted by Gasteiger charge is -1.66. The maximum atomic E-state index is 8.94. The summed E-state index contributed by atoms with van der Waals surface area (Å²) in [5, 5.41) is 0. The third-order valence-corrected chi connectivity index (χ3v) is 1.98. The molecule has 0 aliphatic heterocycles. The van der Waals surface area contributed by atoms with Gasteiger partial charge in [-0.2, -0.15) is 0 Å². The van der Waals surface area contributed by atoms with E-state index < -0.39 is 0 Å². The van der Waals surface area contributed by atoms with Gasteiger partial charge in [-0.3, -0.25) is 10.2 Å². The Morgan fingerprint density at radius 1 is 1.33 bits per heavy atom. The minimum atomic E-state index is 0.403. The van der Waals surface area contributed by atoms with Crippen molar-refractivity contribution in [2.45, 2.75) is 25.7 Å². The number of carbonyl (C=O) groups is 1. The highest BCUT2D eigenvalue weighted by Gasteiger charge is 2.52. The van der Waals surface area contributed by atoms with Crippen molar-refractivity contribution in [1.29, 1.82) is 0 Å². The van der Waals surface area contributed by atoms with Gasteiger partial charge in [0.25, 0.3) is 0 Å². The Hall–Kier alpha value is -0.570. The highest BCUT2D eigenvalue weighted by molar-refractivity contribution is 5.44. The fourth-order valence-corrected chi connectivity index (χ4v) is 0.854. The van der Waals surface area contributed by atoms with Crippen LogP contribution in [0.15, 0.2) is 0 Å². The van der Waals surface area contributed by atoms with E-state index in [1.54, 1.807) is 31.1 Å². The van der Waals surface area contributed by atoms with Crippen LogP contribution < -0.4 is 11.3 Å². The van der Waals surface area contributed by atoms with Crippen molar-refractivity contribution < 1.29 is 4.79 Å². The maximum absolute atomic E-state index is 8.94. The zero-order chi connectivity index (χ0) is 6.74. The van der Waals surface area contributed by atoms with Crippen molar-refractivity contribution in [3.05, 3.63) is 0 Å². The first-order valence-electron chi connectivity index (χ1n) is 3.23. The summed E-state index contributed by atoms with van der Waals surface area (Å²) in [6, 6.07) is 0. The summed E-state index contributed by atoms with van der Waals surface area (Å²) < 4.78 is 0. The molecule has 3 nitrogen and oxygen atoms in total. The standard InChI is InChI=1S/C5H8.CH4N2O/c1-2-5(1)3-4-5;2-3-1-4/h1-4H2;1H,2H2,(H,3,4). The molecule has 0 aromatic carbocycles. The van der Waals surface area contributed by atoms with Gasteiger partial charge in [0.1, 0.15) is 0 Å². The van der Waals surface area contributed by atoms with Gasteiger partial charge in [-0.05, 0) is 31.1 Å². The number of amides is 1. The SMILES string of the molecule is C1CC12CC2.NNC=O. The van der Waals surface area contributed by atoms with Crippen molar-refractivity contribution >= 4 is 6.41 Å². The molecule has 0 saturated heterocycles. The average Bonchev–Trinajstić information content (AvgIpc) is 2.78. The second kappa shape index (κ2) is 2.35. The molecular formula is C6H12N2O. The second-order valence-electron chi connectivity index (χ2n) is 2.78. The van der Waals surface area contributed by atoms with Crippen LogP contribution in [0.3, 0.4) is 0 Å². The van der Waals surface area contributed by atoms with Crippen LogP contribution in [0, 0.1) is 5.41 Å². The second-order valence-corrected chi connectivity index (χ2v) is 2.78. The predicted octanol–water partition coefficient (Wildman–Crippen LogP) is 0.167. The molecule has 1 amide bonds. The molecule has 0 heterocycles. The molecule has 0 aromatic rings. The summed E-state index contributed by atoms with van der Waals surface area (Å²) >= 11 is 0. The van der Waals surface area contributed by atoms with E-state index in [9.17, 15) is 0 Å². The molecule has 2 fully saturated rings. The van der Waals surface area contributed by atoms with Crippen molar-refractivity contribution in [3.63, 3.8) is 0 Å². The number of rotatable bonds is 1. The van der Waals surface area contributed by atoms with E-state index in [1.165, 1.54) is 0 Å². The van der Waals surface area contributed by atoms with E-state index in [2.05, 4.69) is 5.84 Å². The van der Waals surface area contributed by atoms with Gasteiger partial charge in [0.05, 0.1) is 0 Å². The first-order chi connectivity index (χ1) is 4.33. The number of carbonyl (C=O) groups excluding carboxylic acids is 1. The molecular weight excluding hydrogens is 116 g/mol. The first-order valence-corrected chi connectivity index (χ1v) is 3.23. The highest BCUT2D eigenvalue weighted by atomic mass is 16.1. The van der Waals surface area contributed by atoms with Gasteiger partial charge < -0.3 is 0 Å². The van der Waals surface area contributed by atoms with Crippen molar-refractivity contribution in [1.82, 2.24) is 5.43 Å². The van der Waals surface area contributed by atoms with Gasteiger partial charge in [0.2, 0.25) is 6.41 Å². The molecule has 52 valence electrons. The molecule has 3 heteroatoms. The summed E-state index contributed by atoms with van der Waals surface area (Å²) in [5.74, 6) is 4.41. The number of hydrazine groups is 1. The Balaban J connectivity index is 0.0000000945. The van der Waals surface area contributed by atoms with Crippen LogP contribution in [-0.4, -0.2) is 6.41 Å². The monoisotopic (exact) mass is 128 g/mol. The summed E-state index contributed by atoms with van der Waals surface area (Å²) in [6.07, 6.45) is 6.65. The van der Waals surface area contributed by atoms with Gasteiger partial charge >= 0.3 is 0 Å². The minimum absolute atomic E-state index is 0.403. The lowest BCUT2D eigenvalue weighted by atomic mass is 10.5. The highest BCUT2D eigenvalue weighted by Crippen LogP contribution is 2.65. The zero-order valence-corrected chi connectivity index (χ0v) is 5.39. The largest absolute Gasteiger partial charge is 0.297 e. The molecule has 2 rings (SSSR count). The Bertz CT molecular complexity index is 92.1. The Morgan fingerprint density at radius 2 is 1.67 bits per heavy atom. The zero-order valence-electron chi connectivity index (χ0n) is 5.39. The van der Waals surface area contributed by atoms with E-state index in [1.807, 2.05) is 0 Å². The fourth-order valence-electron chi connectivity index (χ4n) is 0.854. The van der Waals surface area contributed by atoms with Crippen LogP contribution in [0.2, 0.25) is 0 Å². The number of nitrogens with one attached hydrogen (secondary N) is 1. The summed E-state index contributed by atoms with van der Waals surface area (Å²) in [7, 11) is 0. The van der Waals surface area contributed by atoms with Crippen LogP contribution in [0.25, 0.3) is 0 Å². The Labute approximate surface area is 54.6 Å². The normalized spacial score (nSPS) is 23.7. The van der Waals surface area contributed by atoms with Gasteiger partial charge in [-0.25, -0.2) is 5.84 Å². The third kappa shape index (κ3) is 2.01. The van der Waals surface area contributed by atoms with Gasteiger partial charge in [-0.1, -0.05) is 0 Å². The van der Waals surface area contributed by atoms with E-state index >= 15 is 0 Å². The van der Waals surface area contributed by atoms with Crippen LogP contribution in [-0.2, 0) is 4.79 Å². The molecule has 2 aliphatic rings. The molecule has 0 radical (unpaired) electrons. The Morgan fingerprint density at radius 3 is 1.67 bits per heavy atom. The van der Waals surface area contributed by atoms with Gasteiger partial charge in [-0.15, -0.1) is 0 Å². The molecule has 3 N–H and O–H groups in total. The number of hydrogen-bond donors (Lipinski definition) is 2. The van der Waals surface area contributed by atoms with E-state index in [-0.39, 0.29) is 0 Å². The van der Waals surface area contributed by atoms with Crippen LogP contribution in [0.4, 0.5) is 0 Å². The van der Waals surface area contributed by atoms with Gasteiger partial charge in [0, 0.05) is 0 Å². The summed E-state index contributed by atoms with van der Waals surface area (Å²) in [4.78, 5) is 8.94. The molecule has 1 spiro atoms. The molecule has 0 atom stereocenters. The first kappa shape index (κ1) is 6.55. The third-order valence-electron chi connectivity index (χ3n) is 1.98. The predicted molar refractivity (Wildman–Crippen MR) is 34.3 cm³/mol. The van der Waals surface area contributed by atoms with E-state index in [4.69, 9.17) is 4.79 Å². The lowest BCUT2D eigenvalue weighted by Crippen LogP contribution is -2.18. The molecule has 0 unspecified atom stereocenters. The smallest absolute Gasteiger partial charge is 0.221 e. The Kier molecular flexibility index (Phi) is 1.71. The minimum Gasteiger partial charge on any atom is -0.297 e.